The second-order valence-corrected chi connectivity index (χ2v) is 8.23. The number of hydrogen-bond acceptors (Lipinski definition) is 5. The van der Waals surface area contributed by atoms with Crippen LogP contribution in [0, 0.1) is 0 Å². The third-order valence-electron chi connectivity index (χ3n) is 5.68. The summed E-state index contributed by atoms with van der Waals surface area (Å²) in [6.07, 6.45) is 3.82. The molecule has 0 amide bonds. The monoisotopic (exact) mass is 390 g/mol. The molecule has 150 valence electrons. The van der Waals surface area contributed by atoms with Gasteiger partial charge in [0.25, 0.3) is 0 Å². The number of rotatable bonds is 4. The molecule has 0 saturated carbocycles. The number of piperazine rings is 1. The topological polar surface area (TPSA) is 81.5 Å². The first kappa shape index (κ1) is 18.3. The number of benzene rings is 1. The van der Waals surface area contributed by atoms with Gasteiger partial charge in [0.1, 0.15) is 5.82 Å². The summed E-state index contributed by atoms with van der Waals surface area (Å²) in [5, 5.41) is 13.7. The van der Waals surface area contributed by atoms with Gasteiger partial charge in [-0.2, -0.15) is 0 Å². The van der Waals surface area contributed by atoms with E-state index >= 15 is 0 Å². The van der Waals surface area contributed by atoms with Gasteiger partial charge in [0, 0.05) is 37.9 Å². The van der Waals surface area contributed by atoms with Crippen LogP contribution >= 0.6 is 0 Å². The molecular formula is C22H26N6O. The fourth-order valence-corrected chi connectivity index (χ4v) is 4.05. The van der Waals surface area contributed by atoms with Gasteiger partial charge in [-0.25, -0.2) is 9.97 Å². The quantitative estimate of drug-likeness (QED) is 0.499. The Bertz CT molecular complexity index is 1150. The fraction of sp³-hybridized carbons (Fsp3) is 0.364. The SMILES string of the molecule is CC(C)(O)c1ccc(-c2nc(CN3CCNCC3)n3c2cnc2[nH]ccc23)cc1. The number of aliphatic hydroxyl groups is 1. The summed E-state index contributed by atoms with van der Waals surface area (Å²) in [7, 11) is 0. The summed E-state index contributed by atoms with van der Waals surface area (Å²) in [6.45, 7) is 8.45. The zero-order valence-electron chi connectivity index (χ0n) is 16.8. The van der Waals surface area contributed by atoms with E-state index in [1.165, 1.54) is 0 Å². The average molecular weight is 390 g/mol. The average Bonchev–Trinajstić information content (AvgIpc) is 3.33. The van der Waals surface area contributed by atoms with E-state index in [1.807, 2.05) is 36.7 Å². The van der Waals surface area contributed by atoms with Crippen molar-refractivity contribution in [2.45, 2.75) is 26.0 Å². The van der Waals surface area contributed by atoms with Crippen molar-refractivity contribution in [1.82, 2.24) is 29.6 Å². The molecule has 7 nitrogen and oxygen atoms in total. The van der Waals surface area contributed by atoms with Gasteiger partial charge in [0.05, 0.1) is 35.1 Å². The zero-order valence-corrected chi connectivity index (χ0v) is 16.8. The number of hydrogen-bond donors (Lipinski definition) is 3. The maximum atomic E-state index is 10.3. The maximum absolute atomic E-state index is 10.3. The first-order chi connectivity index (χ1) is 14.0. The van der Waals surface area contributed by atoms with E-state index in [0.717, 1.165) is 72.0 Å². The van der Waals surface area contributed by atoms with Crippen molar-refractivity contribution in [3.63, 3.8) is 0 Å². The Kier molecular flexibility index (Phi) is 4.38. The first-order valence-corrected chi connectivity index (χ1v) is 10.1. The van der Waals surface area contributed by atoms with Gasteiger partial charge in [0.2, 0.25) is 0 Å². The highest BCUT2D eigenvalue weighted by Gasteiger charge is 2.20. The molecule has 1 aliphatic rings. The molecule has 5 rings (SSSR count). The fourth-order valence-electron chi connectivity index (χ4n) is 4.05. The van der Waals surface area contributed by atoms with Crippen LogP contribution in [-0.2, 0) is 12.1 Å². The highest BCUT2D eigenvalue weighted by molar-refractivity contribution is 5.84. The number of aromatic nitrogens is 4. The van der Waals surface area contributed by atoms with Crippen LogP contribution in [0.4, 0.5) is 0 Å². The maximum Gasteiger partial charge on any atom is 0.154 e. The molecule has 4 aromatic rings. The van der Waals surface area contributed by atoms with Crippen LogP contribution in [0.3, 0.4) is 0 Å². The highest BCUT2D eigenvalue weighted by Crippen LogP contribution is 2.30. The molecule has 29 heavy (non-hydrogen) atoms. The summed E-state index contributed by atoms with van der Waals surface area (Å²) < 4.78 is 2.22. The molecule has 3 aromatic heterocycles. The van der Waals surface area contributed by atoms with Gasteiger partial charge >= 0.3 is 0 Å². The summed E-state index contributed by atoms with van der Waals surface area (Å²) >= 11 is 0. The van der Waals surface area contributed by atoms with Gasteiger partial charge in [-0.3, -0.25) is 9.30 Å². The van der Waals surface area contributed by atoms with E-state index in [4.69, 9.17) is 4.98 Å². The van der Waals surface area contributed by atoms with Crippen LogP contribution in [0.5, 0.6) is 0 Å². The zero-order chi connectivity index (χ0) is 20.0. The number of nitrogens with one attached hydrogen (secondary N) is 2. The number of aromatic amines is 1. The van der Waals surface area contributed by atoms with Crippen LogP contribution in [-0.4, -0.2) is 55.5 Å². The summed E-state index contributed by atoms with van der Waals surface area (Å²) in [4.78, 5) is 15.3. The Morgan fingerprint density at radius 2 is 1.83 bits per heavy atom. The minimum absolute atomic E-state index is 0.800. The minimum Gasteiger partial charge on any atom is -0.386 e. The Morgan fingerprint density at radius 3 is 2.55 bits per heavy atom. The third-order valence-corrected chi connectivity index (χ3v) is 5.68. The number of fused-ring (bicyclic) bond motifs is 3. The number of imidazole rings is 1. The van der Waals surface area contributed by atoms with Crippen LogP contribution in [0.1, 0.15) is 25.2 Å². The van der Waals surface area contributed by atoms with Crippen molar-refractivity contribution in [2.24, 2.45) is 0 Å². The first-order valence-electron chi connectivity index (χ1n) is 10.1. The van der Waals surface area contributed by atoms with E-state index in [1.54, 1.807) is 13.8 Å². The van der Waals surface area contributed by atoms with Gasteiger partial charge in [-0.15, -0.1) is 0 Å². The summed E-state index contributed by atoms with van der Waals surface area (Å²) in [5.74, 6) is 1.02. The second kappa shape index (κ2) is 6.95. The van der Waals surface area contributed by atoms with Crippen LogP contribution in [0.2, 0.25) is 0 Å². The van der Waals surface area contributed by atoms with Crippen molar-refractivity contribution in [3.05, 3.63) is 54.1 Å². The number of H-pyrrole nitrogens is 1. The predicted molar refractivity (Wildman–Crippen MR) is 114 cm³/mol. The molecule has 0 unspecified atom stereocenters. The molecule has 0 atom stereocenters. The van der Waals surface area contributed by atoms with Crippen LogP contribution in [0.15, 0.2) is 42.7 Å². The molecule has 7 heteroatoms. The van der Waals surface area contributed by atoms with E-state index in [0.29, 0.717) is 0 Å². The lowest BCUT2D eigenvalue weighted by atomic mass is 9.97. The van der Waals surface area contributed by atoms with Gasteiger partial charge in [0.15, 0.2) is 5.65 Å². The van der Waals surface area contributed by atoms with Crippen molar-refractivity contribution in [2.75, 3.05) is 26.2 Å². The van der Waals surface area contributed by atoms with E-state index in [2.05, 4.69) is 30.7 Å². The van der Waals surface area contributed by atoms with Crippen molar-refractivity contribution in [3.8, 4) is 11.3 Å². The number of nitrogens with zero attached hydrogens (tertiary/aromatic N) is 4. The van der Waals surface area contributed by atoms with Crippen LogP contribution < -0.4 is 5.32 Å². The molecule has 0 bridgehead atoms. The molecule has 0 aliphatic carbocycles. The highest BCUT2D eigenvalue weighted by atomic mass is 16.3. The third kappa shape index (κ3) is 3.31. The van der Waals surface area contributed by atoms with Crippen molar-refractivity contribution < 1.29 is 5.11 Å². The predicted octanol–water partition coefficient (Wildman–Crippen LogP) is 2.51. The Balaban J connectivity index is 1.63. The second-order valence-electron chi connectivity index (χ2n) is 8.23. The molecule has 3 N–H and O–H groups in total. The molecule has 1 fully saturated rings. The summed E-state index contributed by atoms with van der Waals surface area (Å²) in [5.41, 5.74) is 4.88. The Hall–Kier alpha value is -2.74. The Morgan fingerprint density at radius 1 is 1.07 bits per heavy atom. The lowest BCUT2D eigenvalue weighted by molar-refractivity contribution is 0.0786. The van der Waals surface area contributed by atoms with Crippen molar-refractivity contribution >= 4 is 16.7 Å². The van der Waals surface area contributed by atoms with Gasteiger partial charge in [-0.05, 0) is 25.5 Å². The van der Waals surface area contributed by atoms with Gasteiger partial charge < -0.3 is 15.4 Å². The normalized spacial score (nSPS) is 16.1. The lowest BCUT2D eigenvalue weighted by Crippen LogP contribution is -2.43. The molecule has 0 spiro atoms. The Labute approximate surface area is 169 Å². The van der Waals surface area contributed by atoms with E-state index in [-0.39, 0.29) is 0 Å². The molecule has 4 heterocycles. The standard InChI is InChI=1S/C22H26N6O/c1-22(2,29)16-5-3-15(4-6-16)20-18-13-25-21-17(7-8-24-21)28(18)19(26-20)14-27-11-9-23-10-12-27/h3-8,13,23-24,29H,9-12,14H2,1-2H3. The van der Waals surface area contributed by atoms with Crippen molar-refractivity contribution in [1.29, 1.82) is 0 Å². The minimum atomic E-state index is -0.860. The molecule has 1 aliphatic heterocycles. The van der Waals surface area contributed by atoms with E-state index in [9.17, 15) is 5.11 Å². The van der Waals surface area contributed by atoms with Gasteiger partial charge in [-0.1, -0.05) is 24.3 Å². The molecule has 1 saturated heterocycles. The van der Waals surface area contributed by atoms with E-state index < -0.39 is 5.60 Å². The van der Waals surface area contributed by atoms with Crippen LogP contribution in [0.25, 0.3) is 27.9 Å². The molecular weight excluding hydrogens is 364 g/mol. The smallest absolute Gasteiger partial charge is 0.154 e. The molecule has 1 aromatic carbocycles. The largest absolute Gasteiger partial charge is 0.386 e. The summed E-state index contributed by atoms with van der Waals surface area (Å²) in [6, 6.07) is 10.1. The lowest BCUT2D eigenvalue weighted by Gasteiger charge is -2.26. The molecule has 0 radical (unpaired) electrons.